The second-order valence-corrected chi connectivity index (χ2v) is 4.64. The van der Waals surface area contributed by atoms with Gasteiger partial charge in [-0.05, 0) is 44.2 Å². The van der Waals surface area contributed by atoms with Crippen molar-refractivity contribution in [2.75, 3.05) is 19.7 Å². The van der Waals surface area contributed by atoms with E-state index < -0.39 is 0 Å². The molecule has 0 amide bonds. The number of rotatable bonds is 7. The van der Waals surface area contributed by atoms with Gasteiger partial charge in [0.05, 0.1) is 0 Å². The van der Waals surface area contributed by atoms with Crippen LogP contribution in [0.5, 0.6) is 0 Å². The number of nitrogens with one attached hydrogen (secondary N) is 1. The Kier molecular flexibility index (Phi) is 6.20. The van der Waals surface area contributed by atoms with Crippen molar-refractivity contribution in [2.45, 2.75) is 45.4 Å². The van der Waals surface area contributed by atoms with Gasteiger partial charge in [0, 0.05) is 6.61 Å². The molecule has 2 nitrogen and oxygen atoms in total. The number of aliphatic hydroxyl groups is 1. The first-order chi connectivity index (χ1) is 6.84. The topological polar surface area (TPSA) is 32.3 Å². The zero-order valence-electron chi connectivity index (χ0n) is 9.47. The average molecular weight is 199 g/mol. The predicted octanol–water partition coefficient (Wildman–Crippen LogP) is 2.17. The Hall–Kier alpha value is -0.0800. The van der Waals surface area contributed by atoms with Crippen LogP contribution in [-0.4, -0.2) is 24.8 Å². The van der Waals surface area contributed by atoms with E-state index in [2.05, 4.69) is 12.2 Å². The van der Waals surface area contributed by atoms with Gasteiger partial charge in [0.1, 0.15) is 0 Å². The minimum atomic E-state index is 0.312. The monoisotopic (exact) mass is 199 g/mol. The number of hydrogen-bond donors (Lipinski definition) is 2. The Balaban J connectivity index is 1.88. The normalized spacial score (nSPS) is 27.0. The molecule has 0 spiro atoms. The Morgan fingerprint density at radius 2 is 2.00 bits per heavy atom. The van der Waals surface area contributed by atoms with Crippen LogP contribution in [0.25, 0.3) is 0 Å². The van der Waals surface area contributed by atoms with E-state index in [0.29, 0.717) is 6.61 Å². The first kappa shape index (κ1) is 12.0. The van der Waals surface area contributed by atoms with Crippen molar-refractivity contribution in [2.24, 2.45) is 11.8 Å². The molecule has 2 N–H and O–H groups in total. The Morgan fingerprint density at radius 1 is 1.21 bits per heavy atom. The second kappa shape index (κ2) is 7.24. The van der Waals surface area contributed by atoms with Crippen molar-refractivity contribution in [3.05, 3.63) is 0 Å². The van der Waals surface area contributed by atoms with Crippen LogP contribution < -0.4 is 5.32 Å². The van der Waals surface area contributed by atoms with Gasteiger partial charge in [-0.2, -0.15) is 0 Å². The Labute approximate surface area is 88.1 Å². The Bertz CT molecular complexity index is 138. The maximum absolute atomic E-state index is 8.59. The van der Waals surface area contributed by atoms with Crippen molar-refractivity contribution in [3.8, 4) is 0 Å². The third kappa shape index (κ3) is 4.43. The lowest BCUT2D eigenvalue weighted by Crippen LogP contribution is -2.18. The molecule has 0 radical (unpaired) electrons. The van der Waals surface area contributed by atoms with E-state index in [0.717, 1.165) is 31.3 Å². The summed E-state index contributed by atoms with van der Waals surface area (Å²) in [5.41, 5.74) is 0. The van der Waals surface area contributed by atoms with E-state index in [9.17, 15) is 0 Å². The fourth-order valence-electron chi connectivity index (χ4n) is 2.47. The van der Waals surface area contributed by atoms with Crippen molar-refractivity contribution >= 4 is 0 Å². The summed E-state index contributed by atoms with van der Waals surface area (Å²) in [5.74, 6) is 1.96. The maximum atomic E-state index is 8.59. The zero-order valence-corrected chi connectivity index (χ0v) is 9.47. The van der Waals surface area contributed by atoms with Crippen molar-refractivity contribution in [1.82, 2.24) is 5.32 Å². The average Bonchev–Trinajstić information content (AvgIpc) is 2.58. The highest BCUT2D eigenvalue weighted by atomic mass is 16.3. The molecule has 0 aromatic carbocycles. The SMILES string of the molecule is CC1CCCC1CCCNCCCO. The lowest BCUT2D eigenvalue weighted by atomic mass is 9.93. The fourth-order valence-corrected chi connectivity index (χ4v) is 2.47. The summed E-state index contributed by atoms with van der Waals surface area (Å²) < 4.78 is 0. The molecule has 84 valence electrons. The molecule has 0 aromatic rings. The summed E-state index contributed by atoms with van der Waals surface area (Å²) in [6.07, 6.45) is 7.94. The van der Waals surface area contributed by atoms with Gasteiger partial charge in [-0.3, -0.25) is 0 Å². The van der Waals surface area contributed by atoms with Gasteiger partial charge >= 0.3 is 0 Å². The van der Waals surface area contributed by atoms with E-state index in [4.69, 9.17) is 5.11 Å². The van der Waals surface area contributed by atoms with Gasteiger partial charge in [-0.25, -0.2) is 0 Å². The standard InChI is InChI=1S/C12H25NO/c1-11-5-2-6-12(11)7-3-8-13-9-4-10-14/h11-14H,2-10H2,1H3. The van der Waals surface area contributed by atoms with E-state index in [1.165, 1.54) is 32.1 Å². The van der Waals surface area contributed by atoms with Crippen LogP contribution in [0.4, 0.5) is 0 Å². The van der Waals surface area contributed by atoms with Gasteiger partial charge in [0.25, 0.3) is 0 Å². The van der Waals surface area contributed by atoms with E-state index in [1.807, 2.05) is 0 Å². The lowest BCUT2D eigenvalue weighted by Gasteiger charge is -2.14. The minimum Gasteiger partial charge on any atom is -0.396 e. The molecule has 0 saturated heterocycles. The molecule has 1 saturated carbocycles. The van der Waals surface area contributed by atoms with Crippen LogP contribution in [-0.2, 0) is 0 Å². The Morgan fingerprint density at radius 3 is 2.64 bits per heavy atom. The minimum absolute atomic E-state index is 0.312. The van der Waals surface area contributed by atoms with Gasteiger partial charge in [0.15, 0.2) is 0 Å². The fraction of sp³-hybridized carbons (Fsp3) is 1.00. The summed E-state index contributed by atoms with van der Waals surface area (Å²) in [5, 5.41) is 12.0. The summed E-state index contributed by atoms with van der Waals surface area (Å²) in [4.78, 5) is 0. The van der Waals surface area contributed by atoms with Crippen LogP contribution in [0.3, 0.4) is 0 Å². The molecule has 14 heavy (non-hydrogen) atoms. The molecule has 1 aliphatic rings. The quantitative estimate of drug-likeness (QED) is 0.616. The van der Waals surface area contributed by atoms with Gasteiger partial charge < -0.3 is 10.4 Å². The van der Waals surface area contributed by atoms with E-state index in [1.54, 1.807) is 0 Å². The van der Waals surface area contributed by atoms with Crippen molar-refractivity contribution < 1.29 is 5.11 Å². The molecular formula is C12H25NO. The van der Waals surface area contributed by atoms with Gasteiger partial charge in [-0.1, -0.05) is 26.2 Å². The van der Waals surface area contributed by atoms with E-state index in [-0.39, 0.29) is 0 Å². The van der Waals surface area contributed by atoms with Crippen molar-refractivity contribution in [3.63, 3.8) is 0 Å². The molecule has 2 heteroatoms. The summed E-state index contributed by atoms with van der Waals surface area (Å²) in [6, 6.07) is 0. The summed E-state index contributed by atoms with van der Waals surface area (Å²) >= 11 is 0. The number of hydrogen-bond acceptors (Lipinski definition) is 2. The zero-order chi connectivity index (χ0) is 10.2. The maximum Gasteiger partial charge on any atom is 0.0443 e. The highest BCUT2D eigenvalue weighted by Gasteiger charge is 2.22. The van der Waals surface area contributed by atoms with Gasteiger partial charge in [-0.15, -0.1) is 0 Å². The van der Waals surface area contributed by atoms with Crippen LogP contribution in [0, 0.1) is 11.8 Å². The second-order valence-electron chi connectivity index (χ2n) is 4.64. The molecule has 0 heterocycles. The largest absolute Gasteiger partial charge is 0.396 e. The highest BCUT2D eigenvalue weighted by molar-refractivity contribution is 4.74. The van der Waals surface area contributed by atoms with E-state index >= 15 is 0 Å². The molecule has 1 rings (SSSR count). The first-order valence-electron chi connectivity index (χ1n) is 6.16. The lowest BCUT2D eigenvalue weighted by molar-refractivity contribution is 0.285. The molecule has 1 aliphatic carbocycles. The van der Waals surface area contributed by atoms with Crippen LogP contribution in [0.15, 0.2) is 0 Å². The first-order valence-corrected chi connectivity index (χ1v) is 6.16. The molecule has 0 aliphatic heterocycles. The van der Waals surface area contributed by atoms with Gasteiger partial charge in [0.2, 0.25) is 0 Å². The molecular weight excluding hydrogens is 174 g/mol. The third-order valence-electron chi connectivity index (χ3n) is 3.48. The molecule has 2 atom stereocenters. The highest BCUT2D eigenvalue weighted by Crippen LogP contribution is 2.34. The third-order valence-corrected chi connectivity index (χ3v) is 3.48. The van der Waals surface area contributed by atoms with Crippen LogP contribution >= 0.6 is 0 Å². The smallest absolute Gasteiger partial charge is 0.0443 e. The summed E-state index contributed by atoms with van der Waals surface area (Å²) in [6.45, 7) is 4.81. The van der Waals surface area contributed by atoms with Crippen LogP contribution in [0.1, 0.15) is 45.4 Å². The summed E-state index contributed by atoms with van der Waals surface area (Å²) in [7, 11) is 0. The predicted molar refractivity (Wildman–Crippen MR) is 60.3 cm³/mol. The molecule has 2 unspecified atom stereocenters. The van der Waals surface area contributed by atoms with Crippen LogP contribution in [0.2, 0.25) is 0 Å². The molecule has 0 bridgehead atoms. The molecule has 1 fully saturated rings. The molecule has 0 aromatic heterocycles. The number of aliphatic hydroxyl groups excluding tert-OH is 1. The van der Waals surface area contributed by atoms with Crippen molar-refractivity contribution in [1.29, 1.82) is 0 Å².